The molecule has 92 valence electrons. The summed E-state index contributed by atoms with van der Waals surface area (Å²) in [4.78, 5) is 0. The predicted octanol–water partition coefficient (Wildman–Crippen LogP) is 2.74. The van der Waals surface area contributed by atoms with Crippen molar-refractivity contribution < 1.29 is 9.84 Å². The maximum Gasteiger partial charge on any atom is 0.0973 e. The number of hydrogen-bond acceptors (Lipinski definition) is 2. The van der Waals surface area contributed by atoms with Gasteiger partial charge in [-0.05, 0) is 63.2 Å². The number of aliphatic hydroxyl groups is 1. The first-order valence-electron chi connectivity index (χ1n) is 6.94. The summed E-state index contributed by atoms with van der Waals surface area (Å²) < 4.78 is 6.16. The van der Waals surface area contributed by atoms with E-state index in [0.717, 1.165) is 37.7 Å². The van der Waals surface area contributed by atoms with E-state index in [0.29, 0.717) is 5.92 Å². The lowest BCUT2D eigenvalue weighted by molar-refractivity contribution is -0.277. The van der Waals surface area contributed by atoms with Crippen LogP contribution in [0.15, 0.2) is 0 Å². The molecule has 4 fully saturated rings. The molecule has 0 spiro atoms. The van der Waals surface area contributed by atoms with E-state index in [1.807, 2.05) is 6.92 Å². The van der Waals surface area contributed by atoms with E-state index in [9.17, 15) is 5.11 Å². The lowest BCUT2D eigenvalue weighted by Crippen LogP contribution is -2.68. The van der Waals surface area contributed by atoms with Crippen LogP contribution < -0.4 is 0 Å². The Bertz CT molecular complexity index is 270. The van der Waals surface area contributed by atoms with Crippen molar-refractivity contribution >= 4 is 0 Å². The average molecular weight is 224 g/mol. The Morgan fingerprint density at radius 1 is 1.19 bits per heavy atom. The molecule has 4 saturated carbocycles. The Hall–Kier alpha value is -0.0800. The van der Waals surface area contributed by atoms with Crippen LogP contribution in [0.1, 0.15) is 52.4 Å². The molecule has 16 heavy (non-hydrogen) atoms. The summed E-state index contributed by atoms with van der Waals surface area (Å²) >= 11 is 0. The highest BCUT2D eigenvalue weighted by atomic mass is 16.5. The zero-order valence-electron chi connectivity index (χ0n) is 10.5. The Labute approximate surface area is 98.4 Å². The second-order valence-corrected chi connectivity index (χ2v) is 6.53. The fraction of sp³-hybridized carbons (Fsp3) is 1.00. The van der Waals surface area contributed by atoms with Gasteiger partial charge in [0.2, 0.25) is 0 Å². The van der Waals surface area contributed by atoms with E-state index in [1.165, 1.54) is 19.3 Å². The van der Waals surface area contributed by atoms with Crippen LogP contribution in [0.4, 0.5) is 0 Å². The molecule has 0 aromatic rings. The minimum absolute atomic E-state index is 0.197. The highest BCUT2D eigenvalue weighted by Gasteiger charge is 2.63. The van der Waals surface area contributed by atoms with Gasteiger partial charge in [0.1, 0.15) is 0 Å². The smallest absolute Gasteiger partial charge is 0.0973 e. The van der Waals surface area contributed by atoms with Gasteiger partial charge in [-0.25, -0.2) is 0 Å². The monoisotopic (exact) mass is 224 g/mol. The molecule has 0 radical (unpaired) electrons. The highest BCUT2D eigenvalue weighted by Crippen LogP contribution is 2.61. The fourth-order valence-corrected chi connectivity index (χ4v) is 4.72. The van der Waals surface area contributed by atoms with Crippen LogP contribution >= 0.6 is 0 Å². The Morgan fingerprint density at radius 2 is 1.81 bits per heavy atom. The Balaban J connectivity index is 1.89. The first kappa shape index (κ1) is 11.0. The van der Waals surface area contributed by atoms with Gasteiger partial charge in [-0.3, -0.25) is 0 Å². The molecule has 0 saturated heterocycles. The van der Waals surface area contributed by atoms with E-state index >= 15 is 0 Å². The molecule has 1 N–H and O–H groups in total. The zero-order valence-corrected chi connectivity index (χ0v) is 10.5. The van der Waals surface area contributed by atoms with E-state index in [-0.39, 0.29) is 5.60 Å². The standard InChI is InChI=1S/C14H24O2/c1-3-4-16-14-8-10-5-11(9-14)7-12(6-10)13(14,2)15/h10-12,15H,3-9H2,1-2H3. The average Bonchev–Trinajstić information content (AvgIpc) is 2.23. The topological polar surface area (TPSA) is 29.5 Å². The van der Waals surface area contributed by atoms with E-state index in [2.05, 4.69) is 6.92 Å². The maximum absolute atomic E-state index is 10.8. The third-order valence-electron chi connectivity index (χ3n) is 5.44. The molecule has 0 heterocycles. The third kappa shape index (κ3) is 1.32. The van der Waals surface area contributed by atoms with Crippen LogP contribution in [-0.4, -0.2) is 22.9 Å². The molecule has 0 aromatic heterocycles. The molecule has 0 amide bonds. The first-order chi connectivity index (χ1) is 7.57. The van der Waals surface area contributed by atoms with Gasteiger partial charge in [0.25, 0.3) is 0 Å². The van der Waals surface area contributed by atoms with Gasteiger partial charge >= 0.3 is 0 Å². The van der Waals surface area contributed by atoms with Gasteiger partial charge < -0.3 is 9.84 Å². The van der Waals surface area contributed by atoms with E-state index < -0.39 is 5.60 Å². The summed E-state index contributed by atoms with van der Waals surface area (Å²) in [6.45, 7) is 4.99. The SMILES string of the molecule is CCCOC12CC3CC(CC(C3)C1(C)O)C2. The lowest BCUT2D eigenvalue weighted by Gasteiger charge is -2.63. The maximum atomic E-state index is 10.8. The summed E-state index contributed by atoms with van der Waals surface area (Å²) in [6.07, 6.45) is 7.13. The van der Waals surface area contributed by atoms with Gasteiger partial charge in [-0.2, -0.15) is 0 Å². The van der Waals surface area contributed by atoms with Crippen LogP contribution in [0.2, 0.25) is 0 Å². The normalized spacial score (nSPS) is 54.6. The predicted molar refractivity (Wildman–Crippen MR) is 63.2 cm³/mol. The highest BCUT2D eigenvalue weighted by molar-refractivity contribution is 5.14. The molecule has 0 aromatic carbocycles. The largest absolute Gasteiger partial charge is 0.387 e. The van der Waals surface area contributed by atoms with Crippen molar-refractivity contribution in [3.8, 4) is 0 Å². The van der Waals surface area contributed by atoms with Gasteiger partial charge in [0, 0.05) is 6.61 Å². The molecule has 2 nitrogen and oxygen atoms in total. The molecule has 4 aliphatic rings. The van der Waals surface area contributed by atoms with Crippen LogP contribution in [0.3, 0.4) is 0 Å². The second kappa shape index (κ2) is 3.46. The van der Waals surface area contributed by atoms with Gasteiger partial charge in [-0.15, -0.1) is 0 Å². The van der Waals surface area contributed by atoms with Gasteiger partial charge in [0.05, 0.1) is 11.2 Å². The van der Waals surface area contributed by atoms with Crippen molar-refractivity contribution in [1.29, 1.82) is 0 Å². The van der Waals surface area contributed by atoms with Gasteiger partial charge in [-0.1, -0.05) is 6.92 Å². The first-order valence-corrected chi connectivity index (χ1v) is 6.94. The molecular weight excluding hydrogens is 200 g/mol. The van der Waals surface area contributed by atoms with Crippen molar-refractivity contribution in [2.45, 2.75) is 63.6 Å². The van der Waals surface area contributed by atoms with Crippen LogP contribution in [0, 0.1) is 17.8 Å². The summed E-state index contributed by atoms with van der Waals surface area (Å²) in [5.74, 6) is 2.15. The Kier molecular flexibility index (Phi) is 2.38. The molecule has 4 bridgehead atoms. The number of rotatable bonds is 3. The summed E-state index contributed by atoms with van der Waals surface area (Å²) in [6, 6.07) is 0. The van der Waals surface area contributed by atoms with Crippen LogP contribution in [-0.2, 0) is 4.74 Å². The van der Waals surface area contributed by atoms with Crippen molar-refractivity contribution in [2.75, 3.05) is 6.61 Å². The van der Waals surface area contributed by atoms with Crippen LogP contribution in [0.25, 0.3) is 0 Å². The fourth-order valence-electron chi connectivity index (χ4n) is 4.72. The molecule has 3 unspecified atom stereocenters. The minimum atomic E-state index is -0.574. The van der Waals surface area contributed by atoms with Crippen molar-refractivity contribution in [2.24, 2.45) is 17.8 Å². The van der Waals surface area contributed by atoms with Crippen molar-refractivity contribution in [3.63, 3.8) is 0 Å². The minimum Gasteiger partial charge on any atom is -0.387 e. The molecule has 4 rings (SSSR count). The quantitative estimate of drug-likeness (QED) is 0.798. The van der Waals surface area contributed by atoms with Crippen LogP contribution in [0.5, 0.6) is 0 Å². The Morgan fingerprint density at radius 3 is 2.38 bits per heavy atom. The summed E-state index contributed by atoms with van der Waals surface area (Å²) in [5, 5.41) is 10.8. The summed E-state index contributed by atoms with van der Waals surface area (Å²) in [7, 11) is 0. The molecular formula is C14H24O2. The molecule has 2 heteroatoms. The van der Waals surface area contributed by atoms with E-state index in [4.69, 9.17) is 4.74 Å². The van der Waals surface area contributed by atoms with Crippen molar-refractivity contribution in [3.05, 3.63) is 0 Å². The van der Waals surface area contributed by atoms with Crippen molar-refractivity contribution in [1.82, 2.24) is 0 Å². The van der Waals surface area contributed by atoms with Gasteiger partial charge in [0.15, 0.2) is 0 Å². The number of hydrogen-bond donors (Lipinski definition) is 1. The molecule has 4 aliphatic carbocycles. The molecule has 0 aliphatic heterocycles. The summed E-state index contributed by atoms with van der Waals surface area (Å²) in [5.41, 5.74) is -0.770. The third-order valence-corrected chi connectivity index (χ3v) is 5.44. The second-order valence-electron chi connectivity index (χ2n) is 6.53. The zero-order chi connectivity index (χ0) is 11.4. The molecule has 3 atom stereocenters. The van der Waals surface area contributed by atoms with E-state index in [1.54, 1.807) is 0 Å². The number of ether oxygens (including phenoxy) is 1. The lowest BCUT2D eigenvalue weighted by atomic mass is 9.48.